The van der Waals surface area contributed by atoms with E-state index in [4.69, 9.17) is 17.3 Å². The summed E-state index contributed by atoms with van der Waals surface area (Å²) in [7, 11) is 0. The first-order valence-corrected chi connectivity index (χ1v) is 6.46. The fraction of sp³-hybridized carbons (Fsp3) is 0.0833. The fourth-order valence-electron chi connectivity index (χ4n) is 1.45. The number of halogens is 2. The molecule has 0 radical (unpaired) electrons. The van der Waals surface area contributed by atoms with Gasteiger partial charge in [-0.15, -0.1) is 0 Å². The lowest BCUT2D eigenvalue weighted by molar-refractivity contribution is 1.26. The molecule has 1 heterocycles. The fourth-order valence-corrected chi connectivity index (χ4v) is 2.45. The molecule has 0 saturated carbocycles. The number of rotatable bonds is 2. The number of hydrogen-bond donors (Lipinski definition) is 2. The predicted molar refractivity (Wildman–Crippen MR) is 80.8 cm³/mol. The van der Waals surface area contributed by atoms with Gasteiger partial charge >= 0.3 is 0 Å². The van der Waals surface area contributed by atoms with Gasteiger partial charge in [0, 0.05) is 8.59 Å². The van der Waals surface area contributed by atoms with Crippen molar-refractivity contribution >= 4 is 51.4 Å². The number of hydrogen-bond acceptors (Lipinski definition) is 3. The van der Waals surface area contributed by atoms with E-state index in [1.54, 1.807) is 6.20 Å². The van der Waals surface area contributed by atoms with Crippen LogP contribution in [0.3, 0.4) is 0 Å². The van der Waals surface area contributed by atoms with E-state index in [0.717, 1.165) is 25.7 Å². The van der Waals surface area contributed by atoms with Gasteiger partial charge in [-0.2, -0.15) is 0 Å². The first kappa shape index (κ1) is 12.4. The van der Waals surface area contributed by atoms with Gasteiger partial charge in [-0.1, -0.05) is 11.6 Å². The molecule has 0 aliphatic heterocycles. The zero-order valence-corrected chi connectivity index (χ0v) is 12.1. The first-order valence-electron chi connectivity index (χ1n) is 5.00. The van der Waals surface area contributed by atoms with Crippen molar-refractivity contribution in [2.24, 2.45) is 0 Å². The minimum absolute atomic E-state index is 0.666. The number of nitrogen functional groups attached to an aromatic ring is 1. The maximum absolute atomic E-state index is 5.91. The minimum Gasteiger partial charge on any atom is -0.397 e. The highest BCUT2D eigenvalue weighted by molar-refractivity contribution is 14.1. The zero-order valence-electron chi connectivity index (χ0n) is 9.17. The summed E-state index contributed by atoms with van der Waals surface area (Å²) in [5, 5.41) is 3.99. The van der Waals surface area contributed by atoms with E-state index in [1.807, 2.05) is 31.2 Å². The largest absolute Gasteiger partial charge is 0.397 e. The molecule has 0 spiro atoms. The van der Waals surface area contributed by atoms with Crippen LogP contribution >= 0.6 is 34.2 Å². The number of benzene rings is 1. The SMILES string of the molecule is Cc1cc(N)cnc1Nc1ccc(Cl)cc1I. The Morgan fingerprint density at radius 2 is 2.12 bits per heavy atom. The highest BCUT2D eigenvalue weighted by Crippen LogP contribution is 2.26. The van der Waals surface area contributed by atoms with E-state index in [9.17, 15) is 0 Å². The second-order valence-electron chi connectivity index (χ2n) is 3.68. The summed E-state index contributed by atoms with van der Waals surface area (Å²) in [4.78, 5) is 4.26. The van der Waals surface area contributed by atoms with Gasteiger partial charge < -0.3 is 11.1 Å². The Kier molecular flexibility index (Phi) is 3.73. The third kappa shape index (κ3) is 3.01. The van der Waals surface area contributed by atoms with Gasteiger partial charge in [0.1, 0.15) is 5.82 Å². The smallest absolute Gasteiger partial charge is 0.133 e. The molecule has 1 aromatic carbocycles. The van der Waals surface area contributed by atoms with Crippen LogP contribution in [0.1, 0.15) is 5.56 Å². The molecule has 17 heavy (non-hydrogen) atoms. The average Bonchev–Trinajstić information content (AvgIpc) is 2.25. The summed E-state index contributed by atoms with van der Waals surface area (Å²) >= 11 is 8.14. The predicted octanol–water partition coefficient (Wildman–Crippen LogP) is 3.97. The van der Waals surface area contributed by atoms with Crippen molar-refractivity contribution in [3.8, 4) is 0 Å². The van der Waals surface area contributed by atoms with Crippen molar-refractivity contribution in [2.45, 2.75) is 6.92 Å². The number of aryl methyl sites for hydroxylation is 1. The molecule has 0 bridgehead atoms. The maximum Gasteiger partial charge on any atom is 0.133 e. The molecule has 2 aromatic rings. The lowest BCUT2D eigenvalue weighted by Crippen LogP contribution is -1.99. The molecule has 88 valence electrons. The molecular formula is C12H11ClIN3. The highest BCUT2D eigenvalue weighted by atomic mass is 127. The quantitative estimate of drug-likeness (QED) is 0.798. The average molecular weight is 360 g/mol. The maximum atomic E-state index is 5.91. The van der Waals surface area contributed by atoms with Crippen molar-refractivity contribution in [1.82, 2.24) is 4.98 Å². The summed E-state index contributed by atoms with van der Waals surface area (Å²) in [6.45, 7) is 1.97. The topological polar surface area (TPSA) is 50.9 Å². The number of nitrogens with two attached hydrogens (primary N) is 1. The normalized spacial score (nSPS) is 10.3. The Balaban J connectivity index is 2.31. The lowest BCUT2D eigenvalue weighted by atomic mass is 10.2. The summed E-state index contributed by atoms with van der Waals surface area (Å²) < 4.78 is 1.05. The minimum atomic E-state index is 0.666. The number of anilines is 3. The lowest BCUT2D eigenvalue weighted by Gasteiger charge is -2.10. The van der Waals surface area contributed by atoms with Crippen molar-refractivity contribution in [3.63, 3.8) is 0 Å². The van der Waals surface area contributed by atoms with Crippen LogP contribution in [0.5, 0.6) is 0 Å². The molecule has 0 fully saturated rings. The standard InChI is InChI=1S/C12H11ClIN3/c1-7-4-9(15)6-16-12(7)17-11-3-2-8(13)5-10(11)14/h2-6H,15H2,1H3,(H,16,17). The first-order chi connectivity index (χ1) is 8.06. The van der Waals surface area contributed by atoms with Gasteiger partial charge in [0.2, 0.25) is 0 Å². The Bertz CT molecular complexity index is 508. The molecule has 1 aromatic heterocycles. The second kappa shape index (κ2) is 5.10. The number of nitrogens with one attached hydrogen (secondary N) is 1. The molecule has 0 saturated heterocycles. The third-order valence-electron chi connectivity index (χ3n) is 2.28. The van der Waals surface area contributed by atoms with Crippen molar-refractivity contribution < 1.29 is 0 Å². The molecule has 0 aliphatic rings. The highest BCUT2D eigenvalue weighted by Gasteiger charge is 2.04. The third-order valence-corrected chi connectivity index (χ3v) is 3.41. The van der Waals surface area contributed by atoms with Crippen LogP contribution in [0.25, 0.3) is 0 Å². The van der Waals surface area contributed by atoms with E-state index in [-0.39, 0.29) is 0 Å². The molecule has 2 rings (SSSR count). The van der Waals surface area contributed by atoms with Crippen LogP contribution in [0, 0.1) is 10.5 Å². The van der Waals surface area contributed by atoms with Crippen LogP contribution in [0.4, 0.5) is 17.2 Å². The Morgan fingerprint density at radius 1 is 1.35 bits per heavy atom. The van der Waals surface area contributed by atoms with Crippen molar-refractivity contribution in [3.05, 3.63) is 44.6 Å². The molecule has 0 amide bonds. The summed E-state index contributed by atoms with van der Waals surface area (Å²) in [5.41, 5.74) is 8.32. The molecule has 0 unspecified atom stereocenters. The van der Waals surface area contributed by atoms with E-state index >= 15 is 0 Å². The number of pyridine rings is 1. The van der Waals surface area contributed by atoms with Gasteiger partial charge in [-0.3, -0.25) is 0 Å². The Labute approximate surface area is 119 Å². The van der Waals surface area contributed by atoms with E-state index < -0.39 is 0 Å². The molecule has 3 nitrogen and oxygen atoms in total. The van der Waals surface area contributed by atoms with Crippen LogP contribution in [-0.2, 0) is 0 Å². The molecule has 0 atom stereocenters. The molecule has 3 N–H and O–H groups in total. The summed E-state index contributed by atoms with van der Waals surface area (Å²) in [6, 6.07) is 7.56. The Morgan fingerprint density at radius 3 is 2.76 bits per heavy atom. The zero-order chi connectivity index (χ0) is 12.4. The van der Waals surface area contributed by atoms with Crippen LogP contribution in [-0.4, -0.2) is 4.98 Å². The molecule has 5 heteroatoms. The van der Waals surface area contributed by atoms with Crippen LogP contribution < -0.4 is 11.1 Å². The Hall–Kier alpha value is -1.01. The van der Waals surface area contributed by atoms with Gasteiger partial charge in [0.15, 0.2) is 0 Å². The van der Waals surface area contributed by atoms with Gasteiger partial charge in [0.05, 0.1) is 17.6 Å². The van der Waals surface area contributed by atoms with Gasteiger partial charge in [-0.25, -0.2) is 4.98 Å². The molecule has 0 aliphatic carbocycles. The number of nitrogens with zero attached hydrogens (tertiary/aromatic N) is 1. The van der Waals surface area contributed by atoms with Crippen molar-refractivity contribution in [2.75, 3.05) is 11.1 Å². The van der Waals surface area contributed by atoms with E-state index in [0.29, 0.717) is 5.69 Å². The van der Waals surface area contributed by atoms with Gasteiger partial charge in [-0.05, 0) is 59.3 Å². The van der Waals surface area contributed by atoms with Gasteiger partial charge in [0.25, 0.3) is 0 Å². The van der Waals surface area contributed by atoms with Crippen LogP contribution in [0.2, 0.25) is 5.02 Å². The van der Waals surface area contributed by atoms with E-state index in [2.05, 4.69) is 32.9 Å². The second-order valence-corrected chi connectivity index (χ2v) is 5.28. The number of aromatic nitrogens is 1. The summed E-state index contributed by atoms with van der Waals surface area (Å²) in [5.74, 6) is 0.805. The molecular weight excluding hydrogens is 349 g/mol. The summed E-state index contributed by atoms with van der Waals surface area (Å²) in [6.07, 6.45) is 1.64. The van der Waals surface area contributed by atoms with Crippen molar-refractivity contribution in [1.29, 1.82) is 0 Å². The monoisotopic (exact) mass is 359 g/mol. The van der Waals surface area contributed by atoms with E-state index in [1.165, 1.54) is 0 Å². The van der Waals surface area contributed by atoms with Crippen LogP contribution in [0.15, 0.2) is 30.5 Å².